The molecule has 4 saturated carbocycles. The first-order valence-electron chi connectivity index (χ1n) is 17.9. The molecule has 0 saturated heterocycles. The maximum Gasteiger partial charge on any atom is 0.364 e. The van der Waals surface area contributed by atoms with Crippen molar-refractivity contribution in [2.24, 2.45) is 11.8 Å². The molecule has 3 aromatic heterocycles. The molecule has 20 heteroatoms. The summed E-state index contributed by atoms with van der Waals surface area (Å²) >= 11 is 25.5. The van der Waals surface area contributed by atoms with Crippen LogP contribution in [0, 0.1) is 23.2 Å². The molecular weight excluding hydrogens is 810 g/mol. The Kier molecular flexibility index (Phi) is 10.3. The molecule has 0 bridgehead atoms. The zero-order chi connectivity index (χ0) is 39.4. The summed E-state index contributed by atoms with van der Waals surface area (Å²) < 4.78 is 10.3. The standard InChI is InChI=1S/2C18H15Cl2N5O3/c19-14-6-5-11(16(26)12-7-21-28-17(12)9-1-2-9)15(20)13(14)8-24-18(27)25(23-22-24)10-3-4-10;19-14-6-5-11(17(27)12(7-21)16(26)9-1-2-9)15(20)13(14)8-24-18(28)25(23-22-24)10-3-4-10/h5-7,9-10H,1-4,8H2;5-6,9-10,12H,1-4,8H2. The molecule has 9 rings (SSSR count). The first kappa shape index (κ1) is 37.9. The van der Waals surface area contributed by atoms with E-state index in [0.717, 1.165) is 43.2 Å². The Morgan fingerprint density at radius 2 is 1.25 bits per heavy atom. The van der Waals surface area contributed by atoms with Gasteiger partial charge in [-0.2, -0.15) is 24.0 Å². The van der Waals surface area contributed by atoms with Gasteiger partial charge < -0.3 is 4.52 Å². The van der Waals surface area contributed by atoms with Crippen LogP contribution in [0.4, 0.5) is 0 Å². The summed E-state index contributed by atoms with van der Waals surface area (Å²) in [5.41, 5.74) is 0.789. The lowest BCUT2D eigenvalue weighted by Gasteiger charge is -2.12. The van der Waals surface area contributed by atoms with E-state index in [-0.39, 0.29) is 86.1 Å². The minimum Gasteiger partial charge on any atom is -0.360 e. The summed E-state index contributed by atoms with van der Waals surface area (Å²) in [6.45, 7) is -0.0401. The quantitative estimate of drug-likeness (QED) is 0.104. The van der Waals surface area contributed by atoms with Crippen molar-refractivity contribution in [1.29, 1.82) is 5.26 Å². The lowest BCUT2D eigenvalue weighted by molar-refractivity contribution is -0.121. The van der Waals surface area contributed by atoms with E-state index in [2.05, 4.69) is 26.0 Å². The number of carbonyl (C=O) groups excluding carboxylic acids is 3. The molecule has 56 heavy (non-hydrogen) atoms. The van der Waals surface area contributed by atoms with Gasteiger partial charge in [-0.3, -0.25) is 14.4 Å². The largest absolute Gasteiger partial charge is 0.364 e. The Labute approximate surface area is 336 Å². The van der Waals surface area contributed by atoms with Crippen LogP contribution < -0.4 is 11.4 Å². The summed E-state index contributed by atoms with van der Waals surface area (Å²) in [7, 11) is 0. The Morgan fingerprint density at radius 1 is 0.732 bits per heavy atom. The number of Topliss-reactive ketones (excluding diaryl/α,β-unsaturated/α-hetero) is 2. The molecule has 0 amide bonds. The molecule has 288 valence electrons. The number of halogens is 4. The van der Waals surface area contributed by atoms with Gasteiger partial charge in [0.1, 0.15) is 0 Å². The van der Waals surface area contributed by atoms with Crippen LogP contribution in [0.2, 0.25) is 20.1 Å². The van der Waals surface area contributed by atoms with Gasteiger partial charge in [-0.05, 0) is 96.5 Å². The highest BCUT2D eigenvalue weighted by atomic mass is 35.5. The summed E-state index contributed by atoms with van der Waals surface area (Å²) in [6.07, 6.45) is 8.39. The van der Waals surface area contributed by atoms with Crippen molar-refractivity contribution < 1.29 is 18.9 Å². The molecule has 0 aliphatic heterocycles. The predicted molar refractivity (Wildman–Crippen MR) is 199 cm³/mol. The number of benzene rings is 2. The highest BCUT2D eigenvalue weighted by Gasteiger charge is 2.40. The van der Waals surface area contributed by atoms with Crippen LogP contribution in [0.15, 0.2) is 44.6 Å². The minimum atomic E-state index is -1.39. The van der Waals surface area contributed by atoms with Crippen molar-refractivity contribution in [3.63, 3.8) is 0 Å². The summed E-state index contributed by atoms with van der Waals surface area (Å²) in [4.78, 5) is 62.9. The van der Waals surface area contributed by atoms with Crippen LogP contribution in [0.25, 0.3) is 0 Å². The highest BCUT2D eigenvalue weighted by molar-refractivity contribution is 6.39. The van der Waals surface area contributed by atoms with E-state index in [9.17, 15) is 29.2 Å². The first-order valence-corrected chi connectivity index (χ1v) is 19.4. The van der Waals surface area contributed by atoms with Crippen molar-refractivity contribution in [3.8, 4) is 6.07 Å². The molecule has 0 radical (unpaired) electrons. The van der Waals surface area contributed by atoms with Crippen molar-refractivity contribution in [2.75, 3.05) is 0 Å². The van der Waals surface area contributed by atoms with Crippen LogP contribution >= 0.6 is 46.4 Å². The second-order valence-electron chi connectivity index (χ2n) is 14.3. The number of hydrogen-bond acceptors (Lipinski definition) is 12. The van der Waals surface area contributed by atoms with E-state index >= 15 is 0 Å². The molecule has 4 aliphatic carbocycles. The second kappa shape index (κ2) is 15.2. The second-order valence-corrected chi connectivity index (χ2v) is 15.8. The maximum absolute atomic E-state index is 13.0. The summed E-state index contributed by atoms with van der Waals surface area (Å²) in [5.74, 6) is -2.09. The smallest absolute Gasteiger partial charge is 0.360 e. The predicted octanol–water partition coefficient (Wildman–Crippen LogP) is 5.66. The third-order valence-electron chi connectivity index (χ3n) is 10.1. The fourth-order valence-corrected chi connectivity index (χ4v) is 7.39. The average Bonchev–Trinajstić information content (AvgIpc) is 3.99. The van der Waals surface area contributed by atoms with E-state index in [1.54, 1.807) is 18.2 Å². The van der Waals surface area contributed by atoms with E-state index in [0.29, 0.717) is 40.3 Å². The summed E-state index contributed by atoms with van der Waals surface area (Å²) in [5, 5.41) is 29.4. The van der Waals surface area contributed by atoms with Crippen LogP contribution in [-0.4, -0.2) is 62.1 Å². The molecule has 2 aromatic carbocycles. The molecule has 1 atom stereocenters. The van der Waals surface area contributed by atoms with Gasteiger partial charge in [-0.1, -0.05) is 51.6 Å². The molecular formula is C36H30Cl4N10O6. The molecule has 5 aromatic rings. The van der Waals surface area contributed by atoms with Crippen molar-refractivity contribution in [3.05, 3.63) is 105 Å². The van der Waals surface area contributed by atoms with E-state index in [1.165, 1.54) is 32.4 Å². The summed E-state index contributed by atoms with van der Waals surface area (Å²) in [6, 6.07) is 8.01. The number of aromatic nitrogens is 9. The Hall–Kier alpha value is -4.95. The fraction of sp³-hybridized carbons (Fsp3) is 0.417. The zero-order valence-corrected chi connectivity index (χ0v) is 32.3. The molecule has 4 aliphatic rings. The lowest BCUT2D eigenvalue weighted by Crippen LogP contribution is -2.26. The van der Waals surface area contributed by atoms with Crippen molar-refractivity contribution >= 4 is 63.8 Å². The van der Waals surface area contributed by atoms with Crippen LogP contribution in [-0.2, 0) is 17.9 Å². The van der Waals surface area contributed by atoms with Gasteiger partial charge in [0.15, 0.2) is 29.0 Å². The SMILES string of the molecule is N#CC(C(=O)c1ccc(Cl)c(Cn2nnn(C3CC3)c2=O)c1Cl)C(=O)C1CC1.O=C(c1cnoc1C1CC1)c1ccc(Cl)c(Cn2nnn(C3CC3)c2=O)c1Cl. The fourth-order valence-electron chi connectivity index (χ4n) is 6.23. The van der Waals surface area contributed by atoms with Crippen LogP contribution in [0.1, 0.15) is 113 Å². The van der Waals surface area contributed by atoms with Gasteiger partial charge in [-0.25, -0.2) is 9.59 Å². The molecule has 0 spiro atoms. The number of tetrazole rings is 2. The van der Waals surface area contributed by atoms with E-state index < -0.39 is 11.7 Å². The average molecular weight is 841 g/mol. The third-order valence-corrected chi connectivity index (χ3v) is 11.6. The van der Waals surface area contributed by atoms with E-state index in [1.807, 2.05) is 0 Å². The number of ketones is 3. The van der Waals surface area contributed by atoms with Crippen LogP contribution in [0.3, 0.4) is 0 Å². The number of nitrogens with zero attached hydrogens (tertiary/aromatic N) is 10. The molecule has 4 fully saturated rings. The molecule has 1 unspecified atom stereocenters. The monoisotopic (exact) mass is 838 g/mol. The van der Waals surface area contributed by atoms with Gasteiger partial charge in [-0.15, -0.1) is 0 Å². The highest BCUT2D eigenvalue weighted by Crippen LogP contribution is 2.43. The number of carbonyl (C=O) groups is 3. The maximum atomic E-state index is 13.0. The van der Waals surface area contributed by atoms with Crippen molar-refractivity contribution in [1.82, 2.24) is 44.7 Å². The van der Waals surface area contributed by atoms with Gasteiger partial charge in [0.05, 0.1) is 53.0 Å². The third kappa shape index (κ3) is 7.48. The molecule has 16 nitrogen and oxygen atoms in total. The van der Waals surface area contributed by atoms with E-state index in [4.69, 9.17) is 50.9 Å². The topological polar surface area (TPSA) is 206 Å². The van der Waals surface area contributed by atoms with Crippen LogP contribution in [0.5, 0.6) is 0 Å². The van der Waals surface area contributed by atoms with Crippen molar-refractivity contribution in [2.45, 2.75) is 82.5 Å². The zero-order valence-electron chi connectivity index (χ0n) is 29.3. The molecule has 3 heterocycles. The number of hydrogen-bond donors (Lipinski definition) is 0. The normalized spacial score (nSPS) is 16.8. The number of nitriles is 1. The Bertz CT molecular complexity index is 2570. The minimum absolute atomic E-state index is 0.00854. The van der Waals surface area contributed by atoms with Gasteiger partial charge in [0.25, 0.3) is 0 Å². The Morgan fingerprint density at radius 3 is 1.73 bits per heavy atom. The van der Waals surface area contributed by atoms with Gasteiger partial charge in [0.2, 0.25) is 0 Å². The van der Waals surface area contributed by atoms with Gasteiger partial charge in [0, 0.05) is 44.1 Å². The first-order chi connectivity index (χ1) is 27.0. The Balaban J connectivity index is 0.000000157. The van der Waals surface area contributed by atoms with Gasteiger partial charge >= 0.3 is 11.4 Å². The molecule has 0 N–H and O–H groups in total. The lowest BCUT2D eigenvalue weighted by atomic mass is 9.91. The number of rotatable bonds is 13.